The molecular weight excluding hydrogens is 122 g/mol. The van der Waals surface area contributed by atoms with Crippen LogP contribution in [0.1, 0.15) is 27.7 Å². The highest BCUT2D eigenvalue weighted by atomic mass is 14.7. The summed E-state index contributed by atoms with van der Waals surface area (Å²) >= 11 is 0. The zero-order chi connectivity index (χ0) is 7.98. The molecule has 0 saturated heterocycles. The Kier molecular flexibility index (Phi) is 4.55. The zero-order valence-corrected chi connectivity index (χ0v) is 7.18. The molecule has 0 fully saturated rings. The third-order valence-electron chi connectivity index (χ3n) is 1.07. The Morgan fingerprint density at radius 3 is 2.20 bits per heavy atom. The number of aliphatic imine (C=N–C) groups is 1. The molecular formula is C9H15N. The second-order valence-electron chi connectivity index (χ2n) is 2.52. The topological polar surface area (TPSA) is 12.4 Å². The monoisotopic (exact) mass is 137 g/mol. The third kappa shape index (κ3) is 5.29. The van der Waals surface area contributed by atoms with Crippen LogP contribution in [0.5, 0.6) is 0 Å². The van der Waals surface area contributed by atoms with Gasteiger partial charge < -0.3 is 0 Å². The van der Waals surface area contributed by atoms with Gasteiger partial charge in [-0.1, -0.05) is 11.6 Å². The molecule has 0 aliphatic heterocycles. The summed E-state index contributed by atoms with van der Waals surface area (Å²) in [6, 6.07) is 0. The molecule has 10 heavy (non-hydrogen) atoms. The molecule has 0 heterocycles. The summed E-state index contributed by atoms with van der Waals surface area (Å²) in [4.78, 5) is 4.09. The summed E-state index contributed by atoms with van der Waals surface area (Å²) in [6.45, 7) is 8.09. The summed E-state index contributed by atoms with van der Waals surface area (Å²) in [5.74, 6) is 0. The van der Waals surface area contributed by atoms with Gasteiger partial charge in [-0.05, 0) is 33.3 Å². The summed E-state index contributed by atoms with van der Waals surface area (Å²) in [6.07, 6.45) is 5.74. The predicted octanol–water partition coefficient (Wildman–Crippen LogP) is 2.95. The minimum atomic E-state index is 1.19. The molecule has 0 N–H and O–H groups in total. The van der Waals surface area contributed by atoms with Crippen molar-refractivity contribution in [1.82, 2.24) is 0 Å². The molecule has 0 unspecified atom stereocenters. The van der Waals surface area contributed by atoms with E-state index in [0.717, 1.165) is 0 Å². The Balaban J connectivity index is 3.90. The number of hydrogen-bond acceptors (Lipinski definition) is 1. The van der Waals surface area contributed by atoms with E-state index in [1.54, 1.807) is 0 Å². The van der Waals surface area contributed by atoms with Crippen LogP contribution in [0.4, 0.5) is 0 Å². The number of nitrogens with zero attached hydrogens (tertiary/aromatic N) is 1. The van der Waals surface area contributed by atoms with Gasteiger partial charge in [0.25, 0.3) is 0 Å². The van der Waals surface area contributed by atoms with Crippen molar-refractivity contribution in [1.29, 1.82) is 0 Å². The van der Waals surface area contributed by atoms with Gasteiger partial charge in [0, 0.05) is 12.4 Å². The van der Waals surface area contributed by atoms with Crippen molar-refractivity contribution >= 4 is 6.21 Å². The Hall–Kier alpha value is -0.850. The van der Waals surface area contributed by atoms with Crippen molar-refractivity contribution in [2.24, 2.45) is 4.99 Å². The lowest BCUT2D eigenvalue weighted by atomic mass is 10.3. The molecule has 0 aliphatic rings. The molecule has 1 heteroatoms. The van der Waals surface area contributed by atoms with E-state index in [4.69, 9.17) is 0 Å². The highest BCUT2D eigenvalue weighted by Crippen LogP contribution is 1.90. The molecule has 0 spiro atoms. The summed E-state index contributed by atoms with van der Waals surface area (Å²) in [5.41, 5.74) is 2.41. The van der Waals surface area contributed by atoms with Crippen molar-refractivity contribution in [3.8, 4) is 0 Å². The van der Waals surface area contributed by atoms with Crippen LogP contribution in [0.15, 0.2) is 28.4 Å². The van der Waals surface area contributed by atoms with Crippen LogP contribution in [-0.4, -0.2) is 6.21 Å². The average Bonchev–Trinajstić information content (AvgIpc) is 1.87. The first kappa shape index (κ1) is 9.15. The van der Waals surface area contributed by atoms with Gasteiger partial charge in [0.2, 0.25) is 0 Å². The largest absolute Gasteiger partial charge is 0.265 e. The molecule has 56 valence electrons. The predicted molar refractivity (Wildman–Crippen MR) is 47.4 cm³/mol. The first-order valence-corrected chi connectivity index (χ1v) is 3.46. The van der Waals surface area contributed by atoms with Crippen LogP contribution in [0.3, 0.4) is 0 Å². The van der Waals surface area contributed by atoms with E-state index in [0.29, 0.717) is 0 Å². The average molecular weight is 137 g/mol. The van der Waals surface area contributed by atoms with E-state index in [1.807, 2.05) is 46.2 Å². The van der Waals surface area contributed by atoms with Crippen LogP contribution in [0, 0.1) is 0 Å². The lowest BCUT2D eigenvalue weighted by molar-refractivity contribution is 1.34. The molecule has 0 saturated carbocycles. The third-order valence-corrected chi connectivity index (χ3v) is 1.07. The van der Waals surface area contributed by atoms with E-state index in [2.05, 4.69) is 4.99 Å². The van der Waals surface area contributed by atoms with E-state index >= 15 is 0 Å². The van der Waals surface area contributed by atoms with E-state index in [9.17, 15) is 0 Å². The highest BCUT2D eigenvalue weighted by molar-refractivity contribution is 5.77. The molecule has 0 bridgehead atoms. The maximum Gasteiger partial charge on any atom is 0.0293 e. The first-order chi connectivity index (χ1) is 4.66. The fourth-order valence-electron chi connectivity index (χ4n) is 0.378. The van der Waals surface area contributed by atoms with E-state index < -0.39 is 0 Å². The number of hydrogen-bond donors (Lipinski definition) is 0. The summed E-state index contributed by atoms with van der Waals surface area (Å²) < 4.78 is 0. The highest BCUT2D eigenvalue weighted by Gasteiger charge is 1.75. The van der Waals surface area contributed by atoms with Gasteiger partial charge in [-0.15, -0.1) is 0 Å². The Labute approximate surface area is 63.2 Å². The maximum atomic E-state index is 4.09. The molecule has 0 aromatic carbocycles. The van der Waals surface area contributed by atoms with E-state index in [-0.39, 0.29) is 0 Å². The van der Waals surface area contributed by atoms with Crippen molar-refractivity contribution in [2.75, 3.05) is 0 Å². The van der Waals surface area contributed by atoms with Crippen LogP contribution >= 0.6 is 0 Å². The van der Waals surface area contributed by atoms with Gasteiger partial charge in [-0.2, -0.15) is 0 Å². The second-order valence-corrected chi connectivity index (χ2v) is 2.52. The molecule has 0 aromatic heterocycles. The first-order valence-electron chi connectivity index (χ1n) is 3.46. The minimum absolute atomic E-state index is 1.19. The SMILES string of the molecule is C/C=C(\C)C=NC=C(C)C. The van der Waals surface area contributed by atoms with Gasteiger partial charge in [0.15, 0.2) is 0 Å². The van der Waals surface area contributed by atoms with E-state index in [1.165, 1.54) is 11.1 Å². The molecule has 1 nitrogen and oxygen atoms in total. The normalized spacial score (nSPS) is 12.2. The Bertz CT molecular complexity index is 169. The minimum Gasteiger partial charge on any atom is -0.265 e. The summed E-state index contributed by atoms with van der Waals surface area (Å²) in [7, 11) is 0. The van der Waals surface area contributed by atoms with Crippen molar-refractivity contribution in [2.45, 2.75) is 27.7 Å². The Morgan fingerprint density at radius 2 is 1.80 bits per heavy atom. The molecule has 0 rings (SSSR count). The van der Waals surface area contributed by atoms with Gasteiger partial charge >= 0.3 is 0 Å². The van der Waals surface area contributed by atoms with Gasteiger partial charge in [0.05, 0.1) is 0 Å². The van der Waals surface area contributed by atoms with Crippen LogP contribution in [0.2, 0.25) is 0 Å². The zero-order valence-electron chi connectivity index (χ0n) is 7.18. The van der Waals surface area contributed by atoms with Gasteiger partial charge in [0.1, 0.15) is 0 Å². The van der Waals surface area contributed by atoms with Gasteiger partial charge in [-0.25, -0.2) is 0 Å². The number of rotatable bonds is 2. The standard InChI is InChI=1S/C9H15N/c1-5-9(4)7-10-6-8(2)3/h5-7H,1-4H3/b9-5+,10-7?. The molecule has 0 radical (unpaired) electrons. The molecule has 0 amide bonds. The van der Waals surface area contributed by atoms with Crippen molar-refractivity contribution in [3.63, 3.8) is 0 Å². The smallest absolute Gasteiger partial charge is 0.0293 e. The van der Waals surface area contributed by atoms with Crippen molar-refractivity contribution < 1.29 is 0 Å². The lowest BCUT2D eigenvalue weighted by Crippen LogP contribution is -1.73. The van der Waals surface area contributed by atoms with Crippen LogP contribution in [0.25, 0.3) is 0 Å². The summed E-state index contributed by atoms with van der Waals surface area (Å²) in [5, 5.41) is 0. The van der Waals surface area contributed by atoms with Crippen LogP contribution < -0.4 is 0 Å². The molecule has 0 aliphatic carbocycles. The second kappa shape index (κ2) is 4.98. The fourth-order valence-corrected chi connectivity index (χ4v) is 0.378. The molecule has 0 aromatic rings. The number of allylic oxidation sites excluding steroid dienone is 3. The lowest BCUT2D eigenvalue weighted by Gasteiger charge is -1.85. The van der Waals surface area contributed by atoms with Crippen LogP contribution in [-0.2, 0) is 0 Å². The van der Waals surface area contributed by atoms with Crippen molar-refractivity contribution in [3.05, 3.63) is 23.4 Å². The maximum absolute atomic E-state index is 4.09. The van der Waals surface area contributed by atoms with Gasteiger partial charge in [-0.3, -0.25) is 4.99 Å². The molecule has 0 atom stereocenters. The Morgan fingerprint density at radius 1 is 1.20 bits per heavy atom. The fraction of sp³-hybridized carbons (Fsp3) is 0.444. The quantitative estimate of drug-likeness (QED) is 0.519.